The predicted octanol–water partition coefficient (Wildman–Crippen LogP) is 2.21. The molecule has 106 valence electrons. The Morgan fingerprint density at radius 1 is 1.50 bits per heavy atom. The van der Waals surface area contributed by atoms with Gasteiger partial charge in [0, 0.05) is 30.6 Å². The molecule has 1 aliphatic rings. The summed E-state index contributed by atoms with van der Waals surface area (Å²) in [5, 5.41) is 8.76. The molecule has 0 aromatic heterocycles. The van der Waals surface area contributed by atoms with Crippen molar-refractivity contribution in [3.63, 3.8) is 0 Å². The van der Waals surface area contributed by atoms with Gasteiger partial charge in [0.2, 0.25) is 0 Å². The van der Waals surface area contributed by atoms with E-state index in [4.69, 9.17) is 5.11 Å². The van der Waals surface area contributed by atoms with E-state index in [1.165, 1.54) is 0 Å². The first kappa shape index (κ1) is 14.6. The van der Waals surface area contributed by atoms with Gasteiger partial charge in [-0.25, -0.2) is 0 Å². The van der Waals surface area contributed by atoms with Crippen LogP contribution in [0.2, 0.25) is 0 Å². The number of carbonyl (C=O) groups is 1. The third kappa shape index (κ3) is 3.40. The van der Waals surface area contributed by atoms with Crippen LogP contribution in [0.3, 0.4) is 0 Å². The molecule has 1 N–H and O–H groups in total. The fraction of sp³-hybridized carbons (Fsp3) is 0.471. The first-order chi connectivity index (χ1) is 9.61. The van der Waals surface area contributed by atoms with Crippen molar-refractivity contribution < 1.29 is 9.90 Å². The normalized spacial score (nSPS) is 17.8. The Kier molecular flexibility index (Phi) is 4.81. The summed E-state index contributed by atoms with van der Waals surface area (Å²) >= 11 is 0. The number of carbonyl (C=O) groups excluding carboxylic acids is 1. The van der Waals surface area contributed by atoms with E-state index in [1.54, 1.807) is 0 Å². The Bertz CT molecular complexity index is 554. The van der Waals surface area contributed by atoms with Crippen LogP contribution in [0.4, 0.5) is 0 Å². The molecule has 0 bridgehead atoms. The van der Waals surface area contributed by atoms with Crippen LogP contribution < -0.4 is 0 Å². The number of likely N-dealkylation sites (tertiary alicyclic amines) is 1. The summed E-state index contributed by atoms with van der Waals surface area (Å²) in [6, 6.07) is 5.68. The maximum atomic E-state index is 12.4. The quantitative estimate of drug-likeness (QED) is 0.838. The first-order valence-electron chi connectivity index (χ1n) is 7.11. The second-order valence-electron chi connectivity index (χ2n) is 5.45. The molecule has 1 saturated heterocycles. The molecular weight excluding hydrogens is 250 g/mol. The Morgan fingerprint density at radius 2 is 2.30 bits per heavy atom. The van der Waals surface area contributed by atoms with Crippen LogP contribution in [0.1, 0.15) is 41.3 Å². The van der Waals surface area contributed by atoms with Crippen molar-refractivity contribution in [3.05, 3.63) is 34.9 Å². The summed E-state index contributed by atoms with van der Waals surface area (Å²) in [5.41, 5.74) is 2.64. The number of rotatable bonds is 2. The zero-order valence-electron chi connectivity index (χ0n) is 12.1. The fourth-order valence-electron chi connectivity index (χ4n) is 2.41. The lowest BCUT2D eigenvalue weighted by molar-refractivity contribution is 0.0788. The molecule has 1 aliphatic heterocycles. The molecule has 0 saturated carbocycles. The van der Waals surface area contributed by atoms with E-state index in [0.717, 1.165) is 30.6 Å². The summed E-state index contributed by atoms with van der Waals surface area (Å²) in [5.74, 6) is 6.63. The summed E-state index contributed by atoms with van der Waals surface area (Å²) in [6.45, 7) is 5.91. The Morgan fingerprint density at radius 3 is 2.95 bits per heavy atom. The van der Waals surface area contributed by atoms with Gasteiger partial charge < -0.3 is 10.0 Å². The topological polar surface area (TPSA) is 40.5 Å². The van der Waals surface area contributed by atoms with Crippen LogP contribution in [0.15, 0.2) is 18.2 Å². The van der Waals surface area contributed by atoms with Crippen LogP contribution in [0, 0.1) is 24.7 Å². The maximum Gasteiger partial charge on any atom is 0.253 e. The molecule has 0 radical (unpaired) electrons. The third-order valence-corrected chi connectivity index (χ3v) is 3.66. The van der Waals surface area contributed by atoms with E-state index in [-0.39, 0.29) is 12.5 Å². The van der Waals surface area contributed by atoms with Gasteiger partial charge in [0.25, 0.3) is 5.91 Å². The van der Waals surface area contributed by atoms with Gasteiger partial charge in [-0.05, 0) is 37.0 Å². The Hall–Kier alpha value is -1.79. The van der Waals surface area contributed by atoms with Crippen LogP contribution in [-0.2, 0) is 0 Å². The summed E-state index contributed by atoms with van der Waals surface area (Å²) < 4.78 is 0. The minimum Gasteiger partial charge on any atom is -0.395 e. The van der Waals surface area contributed by atoms with Crippen LogP contribution in [0.5, 0.6) is 0 Å². The van der Waals surface area contributed by atoms with Crippen molar-refractivity contribution in [2.24, 2.45) is 5.92 Å². The van der Waals surface area contributed by atoms with E-state index in [1.807, 2.05) is 30.0 Å². The molecule has 1 aromatic carbocycles. The second kappa shape index (κ2) is 6.58. The predicted molar refractivity (Wildman–Crippen MR) is 79.4 cm³/mol. The number of nitrogens with zero attached hydrogens (tertiary/aromatic N) is 1. The molecule has 2 rings (SSSR count). The molecule has 1 atom stereocenters. The second-order valence-corrected chi connectivity index (χ2v) is 5.45. The smallest absolute Gasteiger partial charge is 0.253 e. The van der Waals surface area contributed by atoms with Crippen molar-refractivity contribution in [1.29, 1.82) is 0 Å². The van der Waals surface area contributed by atoms with E-state index >= 15 is 0 Å². The highest BCUT2D eigenvalue weighted by atomic mass is 16.2. The average molecular weight is 271 g/mol. The molecule has 3 heteroatoms. The molecule has 1 amide bonds. The van der Waals surface area contributed by atoms with E-state index < -0.39 is 0 Å². The Labute approximate surface area is 120 Å². The number of aryl methyl sites for hydroxylation is 1. The molecular formula is C17H21NO2. The number of aliphatic hydroxyl groups is 1. The van der Waals surface area contributed by atoms with Crippen molar-refractivity contribution in [1.82, 2.24) is 4.90 Å². The molecule has 1 heterocycles. The summed E-state index contributed by atoms with van der Waals surface area (Å²) in [4.78, 5) is 14.3. The van der Waals surface area contributed by atoms with E-state index in [9.17, 15) is 4.79 Å². The molecule has 3 nitrogen and oxygen atoms in total. The van der Waals surface area contributed by atoms with Gasteiger partial charge in [-0.1, -0.05) is 24.8 Å². The molecule has 0 spiro atoms. The van der Waals surface area contributed by atoms with E-state index in [0.29, 0.717) is 17.9 Å². The standard InChI is InChI=1S/C17H21NO2/c1-13-8-9-18(12-13)17(20)16-7-6-14(2)15(11-16)5-3-4-10-19/h6-7,11,13,19H,4,8-10,12H2,1-2H3. The number of aliphatic hydroxyl groups excluding tert-OH is 1. The zero-order valence-corrected chi connectivity index (χ0v) is 12.1. The van der Waals surface area contributed by atoms with Gasteiger partial charge in [-0.15, -0.1) is 0 Å². The molecule has 0 aliphatic carbocycles. The minimum absolute atomic E-state index is 0.0658. The van der Waals surface area contributed by atoms with Crippen LogP contribution in [0.25, 0.3) is 0 Å². The largest absolute Gasteiger partial charge is 0.395 e. The van der Waals surface area contributed by atoms with Gasteiger partial charge in [0.1, 0.15) is 0 Å². The van der Waals surface area contributed by atoms with Gasteiger partial charge in [-0.3, -0.25) is 4.79 Å². The summed E-state index contributed by atoms with van der Waals surface area (Å²) in [7, 11) is 0. The number of hydrogen-bond acceptors (Lipinski definition) is 2. The average Bonchev–Trinajstić information content (AvgIpc) is 2.87. The van der Waals surface area contributed by atoms with Crippen LogP contribution >= 0.6 is 0 Å². The highest BCUT2D eigenvalue weighted by molar-refractivity contribution is 5.94. The number of hydrogen-bond donors (Lipinski definition) is 1. The maximum absolute atomic E-state index is 12.4. The number of benzene rings is 1. The highest BCUT2D eigenvalue weighted by Gasteiger charge is 2.24. The van der Waals surface area contributed by atoms with Crippen molar-refractivity contribution in [2.45, 2.75) is 26.7 Å². The monoisotopic (exact) mass is 271 g/mol. The molecule has 1 aromatic rings. The van der Waals surface area contributed by atoms with Crippen molar-refractivity contribution in [2.75, 3.05) is 19.7 Å². The Balaban J connectivity index is 2.19. The SMILES string of the molecule is Cc1ccc(C(=O)N2CCC(C)C2)cc1C#CCCO. The van der Waals surface area contributed by atoms with Gasteiger partial charge in [0.05, 0.1) is 6.61 Å². The zero-order chi connectivity index (χ0) is 14.5. The highest BCUT2D eigenvalue weighted by Crippen LogP contribution is 2.19. The third-order valence-electron chi connectivity index (χ3n) is 3.66. The lowest BCUT2D eigenvalue weighted by Crippen LogP contribution is -2.28. The van der Waals surface area contributed by atoms with Gasteiger partial charge in [-0.2, -0.15) is 0 Å². The van der Waals surface area contributed by atoms with Gasteiger partial charge in [0.15, 0.2) is 0 Å². The number of amides is 1. The molecule has 1 unspecified atom stereocenters. The molecule has 1 fully saturated rings. The first-order valence-corrected chi connectivity index (χ1v) is 7.11. The van der Waals surface area contributed by atoms with Crippen LogP contribution in [-0.4, -0.2) is 35.6 Å². The summed E-state index contributed by atoms with van der Waals surface area (Å²) in [6.07, 6.45) is 1.54. The van der Waals surface area contributed by atoms with Crippen molar-refractivity contribution in [3.8, 4) is 11.8 Å². The van der Waals surface area contributed by atoms with Crippen molar-refractivity contribution >= 4 is 5.91 Å². The lowest BCUT2D eigenvalue weighted by atomic mass is 10.0. The molecule has 20 heavy (non-hydrogen) atoms. The van der Waals surface area contributed by atoms with Gasteiger partial charge >= 0.3 is 0 Å². The minimum atomic E-state index is 0.0658. The van der Waals surface area contributed by atoms with E-state index in [2.05, 4.69) is 18.8 Å². The lowest BCUT2D eigenvalue weighted by Gasteiger charge is -2.16. The fourth-order valence-corrected chi connectivity index (χ4v) is 2.41.